The lowest BCUT2D eigenvalue weighted by Gasteiger charge is -2.25. The molecule has 28 heavy (non-hydrogen) atoms. The maximum Gasteiger partial charge on any atom is 0.274 e. The summed E-state index contributed by atoms with van der Waals surface area (Å²) in [7, 11) is 1.68. The van der Waals surface area contributed by atoms with Crippen molar-refractivity contribution in [3.8, 4) is 0 Å². The number of nitrogens with zero attached hydrogens (tertiary/aromatic N) is 3. The van der Waals surface area contributed by atoms with Crippen molar-refractivity contribution >= 4 is 11.8 Å². The fourth-order valence-corrected chi connectivity index (χ4v) is 3.33. The summed E-state index contributed by atoms with van der Waals surface area (Å²) in [5, 5.41) is 7.23. The Morgan fingerprint density at radius 1 is 1.21 bits per heavy atom. The number of hydrogen-bond acceptors (Lipinski definition) is 4. The van der Waals surface area contributed by atoms with Crippen molar-refractivity contribution in [1.29, 1.82) is 0 Å². The number of hydrogen-bond donors (Lipinski definition) is 1. The van der Waals surface area contributed by atoms with Crippen LogP contribution in [-0.2, 0) is 18.2 Å². The first-order chi connectivity index (χ1) is 13.5. The second-order valence-electron chi connectivity index (χ2n) is 7.13. The maximum absolute atomic E-state index is 12.7. The standard InChI is InChI=1S/C21H28N4O3/c1-4-5-16-6-8-17(9-7-16)15(2)22-20(26)19-14-18(23-24(19)3)21(27)25-10-12-28-13-11-25/h6-9,14-15H,4-5,10-13H2,1-3H3,(H,22,26)/t15-/m0/s1. The number of amides is 2. The molecule has 0 aliphatic carbocycles. The van der Waals surface area contributed by atoms with Crippen molar-refractivity contribution in [3.05, 3.63) is 52.8 Å². The van der Waals surface area contributed by atoms with E-state index in [1.165, 1.54) is 10.2 Å². The summed E-state index contributed by atoms with van der Waals surface area (Å²) < 4.78 is 6.73. The number of ether oxygens (including phenoxy) is 1. The minimum atomic E-state index is -0.249. The van der Waals surface area contributed by atoms with Crippen LogP contribution < -0.4 is 5.32 Å². The Balaban J connectivity index is 1.66. The molecule has 1 atom stereocenters. The third kappa shape index (κ3) is 4.59. The Morgan fingerprint density at radius 3 is 2.54 bits per heavy atom. The van der Waals surface area contributed by atoms with Gasteiger partial charge in [-0.3, -0.25) is 14.3 Å². The highest BCUT2D eigenvalue weighted by atomic mass is 16.5. The van der Waals surface area contributed by atoms with E-state index in [4.69, 9.17) is 4.74 Å². The van der Waals surface area contributed by atoms with E-state index in [2.05, 4.69) is 29.5 Å². The molecule has 0 unspecified atom stereocenters. The van der Waals surface area contributed by atoms with E-state index in [0.29, 0.717) is 32.0 Å². The first-order valence-electron chi connectivity index (χ1n) is 9.80. The molecule has 0 spiro atoms. The molecule has 2 amide bonds. The summed E-state index contributed by atoms with van der Waals surface area (Å²) in [4.78, 5) is 27.0. The van der Waals surface area contributed by atoms with Crippen molar-refractivity contribution in [1.82, 2.24) is 20.0 Å². The zero-order valence-corrected chi connectivity index (χ0v) is 16.8. The van der Waals surface area contributed by atoms with Crippen molar-refractivity contribution in [2.45, 2.75) is 32.7 Å². The van der Waals surface area contributed by atoms with Crippen LogP contribution in [-0.4, -0.2) is 52.8 Å². The molecule has 1 aliphatic heterocycles. The van der Waals surface area contributed by atoms with Crippen LogP contribution in [0.3, 0.4) is 0 Å². The van der Waals surface area contributed by atoms with Gasteiger partial charge in [0.15, 0.2) is 5.69 Å². The van der Waals surface area contributed by atoms with Gasteiger partial charge in [-0.25, -0.2) is 0 Å². The summed E-state index contributed by atoms with van der Waals surface area (Å²) in [5.74, 6) is -0.418. The molecule has 2 aromatic rings. The van der Waals surface area contributed by atoms with Crippen LogP contribution in [0.15, 0.2) is 30.3 Å². The molecular weight excluding hydrogens is 356 g/mol. The fraction of sp³-hybridized carbons (Fsp3) is 0.476. The molecule has 1 aromatic heterocycles. The van der Waals surface area contributed by atoms with Crippen LogP contribution in [0.2, 0.25) is 0 Å². The van der Waals surface area contributed by atoms with E-state index in [-0.39, 0.29) is 23.6 Å². The molecule has 0 radical (unpaired) electrons. The van der Waals surface area contributed by atoms with Crippen LogP contribution in [0.4, 0.5) is 0 Å². The predicted octanol–water partition coefficient (Wildman–Crippen LogP) is 2.34. The van der Waals surface area contributed by atoms with Crippen molar-refractivity contribution in [2.24, 2.45) is 7.05 Å². The number of nitrogens with one attached hydrogen (secondary N) is 1. The van der Waals surface area contributed by atoms with Gasteiger partial charge in [0.2, 0.25) is 0 Å². The highest BCUT2D eigenvalue weighted by Gasteiger charge is 2.24. The smallest absolute Gasteiger partial charge is 0.274 e. The summed E-state index contributed by atoms with van der Waals surface area (Å²) in [6, 6.07) is 9.72. The Labute approximate surface area is 165 Å². The summed E-state index contributed by atoms with van der Waals surface area (Å²) >= 11 is 0. The average molecular weight is 384 g/mol. The van der Waals surface area contributed by atoms with E-state index in [0.717, 1.165) is 18.4 Å². The molecule has 1 fully saturated rings. The predicted molar refractivity (Wildman–Crippen MR) is 106 cm³/mol. The van der Waals surface area contributed by atoms with E-state index in [1.807, 2.05) is 19.1 Å². The van der Waals surface area contributed by atoms with E-state index in [1.54, 1.807) is 18.0 Å². The van der Waals surface area contributed by atoms with Crippen LogP contribution in [0.1, 0.15) is 58.4 Å². The lowest BCUT2D eigenvalue weighted by atomic mass is 10.0. The number of benzene rings is 1. The molecule has 1 aromatic carbocycles. The van der Waals surface area contributed by atoms with Gasteiger partial charge in [0.25, 0.3) is 11.8 Å². The first kappa shape index (κ1) is 20.1. The normalized spacial score (nSPS) is 15.3. The summed E-state index contributed by atoms with van der Waals surface area (Å²) in [6.45, 7) is 6.25. The molecule has 2 heterocycles. The molecule has 0 saturated carbocycles. The van der Waals surface area contributed by atoms with Gasteiger partial charge in [0, 0.05) is 26.2 Å². The van der Waals surface area contributed by atoms with Crippen LogP contribution in [0.5, 0.6) is 0 Å². The molecule has 7 nitrogen and oxygen atoms in total. The van der Waals surface area contributed by atoms with Crippen LogP contribution in [0.25, 0.3) is 0 Å². The third-order valence-corrected chi connectivity index (χ3v) is 5.00. The third-order valence-electron chi connectivity index (χ3n) is 5.00. The number of aryl methyl sites for hydroxylation is 2. The quantitative estimate of drug-likeness (QED) is 0.829. The maximum atomic E-state index is 12.7. The van der Waals surface area contributed by atoms with E-state index < -0.39 is 0 Å². The molecule has 0 bridgehead atoms. The minimum absolute atomic E-state index is 0.142. The number of aromatic nitrogens is 2. The van der Waals surface area contributed by atoms with E-state index >= 15 is 0 Å². The molecule has 7 heteroatoms. The zero-order valence-electron chi connectivity index (χ0n) is 16.8. The van der Waals surface area contributed by atoms with Gasteiger partial charge in [-0.05, 0) is 24.5 Å². The Kier molecular flexibility index (Phi) is 6.46. The Morgan fingerprint density at radius 2 is 1.89 bits per heavy atom. The topological polar surface area (TPSA) is 76.5 Å². The number of morpholine rings is 1. The van der Waals surface area contributed by atoms with Gasteiger partial charge in [-0.2, -0.15) is 5.10 Å². The van der Waals surface area contributed by atoms with E-state index in [9.17, 15) is 9.59 Å². The van der Waals surface area contributed by atoms with Crippen molar-refractivity contribution < 1.29 is 14.3 Å². The van der Waals surface area contributed by atoms with Gasteiger partial charge in [0.1, 0.15) is 5.69 Å². The molecule has 1 saturated heterocycles. The first-order valence-corrected chi connectivity index (χ1v) is 9.80. The summed E-state index contributed by atoms with van der Waals surface area (Å²) in [6.07, 6.45) is 2.16. The minimum Gasteiger partial charge on any atom is -0.378 e. The second kappa shape index (κ2) is 9.01. The van der Waals surface area contributed by atoms with Gasteiger partial charge < -0.3 is 15.0 Å². The van der Waals surface area contributed by atoms with Crippen molar-refractivity contribution in [3.63, 3.8) is 0 Å². The lowest BCUT2D eigenvalue weighted by Crippen LogP contribution is -2.40. The van der Waals surface area contributed by atoms with Crippen LogP contribution >= 0.6 is 0 Å². The number of carbonyl (C=O) groups excluding carboxylic acids is 2. The fourth-order valence-electron chi connectivity index (χ4n) is 3.33. The molecule has 3 rings (SSSR count). The molecule has 1 N–H and O–H groups in total. The molecule has 150 valence electrons. The number of rotatable bonds is 6. The average Bonchev–Trinajstić information content (AvgIpc) is 3.10. The monoisotopic (exact) mass is 384 g/mol. The Bertz CT molecular complexity index is 823. The molecule has 1 aliphatic rings. The summed E-state index contributed by atoms with van der Waals surface area (Å²) in [5.41, 5.74) is 2.99. The van der Waals surface area contributed by atoms with Gasteiger partial charge in [-0.15, -0.1) is 0 Å². The lowest BCUT2D eigenvalue weighted by molar-refractivity contribution is 0.0298. The highest BCUT2D eigenvalue weighted by Crippen LogP contribution is 2.16. The van der Waals surface area contributed by atoms with Gasteiger partial charge in [0.05, 0.1) is 19.3 Å². The van der Waals surface area contributed by atoms with Crippen LogP contribution in [0, 0.1) is 0 Å². The van der Waals surface area contributed by atoms with Gasteiger partial charge >= 0.3 is 0 Å². The molecular formula is C21H28N4O3. The highest BCUT2D eigenvalue weighted by molar-refractivity contribution is 5.98. The number of carbonyl (C=O) groups is 2. The van der Waals surface area contributed by atoms with Gasteiger partial charge in [-0.1, -0.05) is 37.6 Å². The largest absolute Gasteiger partial charge is 0.378 e. The SMILES string of the molecule is CCCc1ccc([C@H](C)NC(=O)c2cc(C(=O)N3CCOCC3)nn2C)cc1. The Hall–Kier alpha value is -2.67. The zero-order chi connectivity index (χ0) is 20.1. The second-order valence-corrected chi connectivity index (χ2v) is 7.13. The van der Waals surface area contributed by atoms with Crippen molar-refractivity contribution in [2.75, 3.05) is 26.3 Å².